The van der Waals surface area contributed by atoms with E-state index in [0.717, 1.165) is 11.1 Å². The summed E-state index contributed by atoms with van der Waals surface area (Å²) in [5.74, 6) is 0.573. The van der Waals surface area contributed by atoms with Gasteiger partial charge in [-0.05, 0) is 26.3 Å². The minimum Gasteiger partial charge on any atom is -0.386 e. The first-order valence-electron chi connectivity index (χ1n) is 7.05. The Labute approximate surface area is 127 Å². The Kier molecular flexibility index (Phi) is 3.54. The summed E-state index contributed by atoms with van der Waals surface area (Å²) in [6, 6.07) is 7.53. The highest BCUT2D eigenvalue weighted by atomic mass is 16.5. The normalized spacial score (nSPS) is 12.7. The highest BCUT2D eigenvalue weighted by Crippen LogP contribution is 2.18. The van der Waals surface area contributed by atoms with Crippen LogP contribution in [0.2, 0.25) is 0 Å². The first-order valence-corrected chi connectivity index (χ1v) is 7.05. The molecule has 0 saturated heterocycles. The van der Waals surface area contributed by atoms with Gasteiger partial charge in [0.25, 0.3) is 5.56 Å². The van der Waals surface area contributed by atoms with E-state index in [1.54, 1.807) is 13.8 Å². The van der Waals surface area contributed by atoms with Gasteiger partial charge in [0.15, 0.2) is 5.52 Å². The van der Waals surface area contributed by atoms with E-state index in [9.17, 15) is 9.90 Å². The number of fused-ring (bicyclic) bond motifs is 1. The summed E-state index contributed by atoms with van der Waals surface area (Å²) >= 11 is 0. The molecular formula is C16H17N3O3. The molecule has 0 aliphatic rings. The second-order valence-electron chi connectivity index (χ2n) is 5.46. The molecule has 22 heavy (non-hydrogen) atoms. The number of rotatable bonds is 3. The van der Waals surface area contributed by atoms with E-state index in [-0.39, 0.29) is 17.6 Å². The maximum atomic E-state index is 12.4. The Balaban J connectivity index is 1.99. The van der Waals surface area contributed by atoms with Crippen molar-refractivity contribution in [3.05, 3.63) is 57.2 Å². The molecule has 0 bridgehead atoms. The van der Waals surface area contributed by atoms with Gasteiger partial charge in [-0.2, -0.15) is 5.10 Å². The molecule has 114 valence electrons. The summed E-state index contributed by atoms with van der Waals surface area (Å²) in [5.41, 5.74) is 2.41. The molecular weight excluding hydrogens is 282 g/mol. The van der Waals surface area contributed by atoms with Gasteiger partial charge in [0.1, 0.15) is 5.76 Å². The quantitative estimate of drug-likeness (QED) is 0.800. The summed E-state index contributed by atoms with van der Waals surface area (Å²) < 4.78 is 6.31. The maximum absolute atomic E-state index is 12.4. The first-order chi connectivity index (χ1) is 10.5. The fourth-order valence-corrected chi connectivity index (χ4v) is 2.52. The number of benzene rings is 1. The van der Waals surface area contributed by atoms with Crippen LogP contribution in [-0.4, -0.2) is 20.0 Å². The van der Waals surface area contributed by atoms with Gasteiger partial charge in [-0.3, -0.25) is 4.79 Å². The van der Waals surface area contributed by atoms with E-state index < -0.39 is 6.10 Å². The molecule has 0 spiro atoms. The van der Waals surface area contributed by atoms with Gasteiger partial charge in [0.2, 0.25) is 0 Å². The lowest BCUT2D eigenvalue weighted by Gasteiger charge is -2.13. The maximum Gasteiger partial charge on any atom is 0.296 e. The molecule has 0 aliphatic heterocycles. The van der Waals surface area contributed by atoms with Gasteiger partial charge in [0.05, 0.1) is 23.7 Å². The van der Waals surface area contributed by atoms with Gasteiger partial charge in [-0.25, -0.2) is 4.68 Å². The summed E-state index contributed by atoms with van der Waals surface area (Å²) in [6.45, 7) is 5.59. The van der Waals surface area contributed by atoms with E-state index in [4.69, 9.17) is 4.52 Å². The van der Waals surface area contributed by atoms with Crippen molar-refractivity contribution in [1.82, 2.24) is 14.9 Å². The lowest BCUT2D eigenvalue weighted by Crippen LogP contribution is -2.27. The van der Waals surface area contributed by atoms with Gasteiger partial charge < -0.3 is 9.63 Å². The van der Waals surface area contributed by atoms with E-state index in [2.05, 4.69) is 10.3 Å². The van der Waals surface area contributed by atoms with Crippen LogP contribution in [0.4, 0.5) is 0 Å². The third-order valence-electron chi connectivity index (χ3n) is 3.74. The van der Waals surface area contributed by atoms with Crippen LogP contribution in [0.1, 0.15) is 28.7 Å². The van der Waals surface area contributed by atoms with Crippen molar-refractivity contribution in [2.75, 3.05) is 0 Å². The Morgan fingerprint density at radius 2 is 1.91 bits per heavy atom. The Morgan fingerprint density at radius 1 is 1.23 bits per heavy atom. The molecule has 2 heterocycles. The molecule has 1 aromatic carbocycles. The highest BCUT2D eigenvalue weighted by molar-refractivity contribution is 5.81. The molecule has 0 radical (unpaired) electrons. The van der Waals surface area contributed by atoms with Crippen LogP contribution in [0, 0.1) is 20.8 Å². The van der Waals surface area contributed by atoms with E-state index in [0.29, 0.717) is 16.8 Å². The van der Waals surface area contributed by atoms with E-state index >= 15 is 0 Å². The zero-order valence-corrected chi connectivity index (χ0v) is 12.7. The van der Waals surface area contributed by atoms with Crippen LogP contribution in [0.25, 0.3) is 10.9 Å². The van der Waals surface area contributed by atoms with Crippen molar-refractivity contribution in [2.24, 2.45) is 0 Å². The van der Waals surface area contributed by atoms with Crippen molar-refractivity contribution in [3.63, 3.8) is 0 Å². The molecule has 6 heteroatoms. The van der Waals surface area contributed by atoms with Crippen LogP contribution in [0.15, 0.2) is 33.6 Å². The van der Waals surface area contributed by atoms with Crippen molar-refractivity contribution >= 4 is 10.9 Å². The minimum atomic E-state index is -0.810. The van der Waals surface area contributed by atoms with Crippen molar-refractivity contribution < 1.29 is 9.63 Å². The lowest BCUT2D eigenvalue weighted by atomic mass is 10.1. The molecule has 0 saturated carbocycles. The first kappa shape index (κ1) is 14.5. The van der Waals surface area contributed by atoms with Crippen LogP contribution in [-0.2, 0) is 6.54 Å². The zero-order chi connectivity index (χ0) is 15.9. The van der Waals surface area contributed by atoms with Gasteiger partial charge in [0, 0.05) is 0 Å². The Hall–Kier alpha value is -2.47. The zero-order valence-electron chi connectivity index (χ0n) is 12.7. The van der Waals surface area contributed by atoms with Crippen molar-refractivity contribution in [2.45, 2.75) is 33.4 Å². The Bertz CT molecular complexity index is 878. The second-order valence-corrected chi connectivity index (χ2v) is 5.46. The van der Waals surface area contributed by atoms with E-state index in [1.165, 1.54) is 4.68 Å². The van der Waals surface area contributed by atoms with Crippen molar-refractivity contribution in [1.29, 1.82) is 0 Å². The molecule has 3 rings (SSSR count). The molecule has 1 N–H and O–H groups in total. The Morgan fingerprint density at radius 3 is 2.59 bits per heavy atom. The second kappa shape index (κ2) is 5.38. The molecule has 1 unspecified atom stereocenters. The fraction of sp³-hybridized carbons (Fsp3) is 0.312. The molecule has 0 amide bonds. The number of aryl methyl sites for hydroxylation is 3. The number of nitrogens with zero attached hydrogens (tertiary/aromatic N) is 3. The van der Waals surface area contributed by atoms with Gasteiger partial charge >= 0.3 is 0 Å². The van der Waals surface area contributed by atoms with Crippen LogP contribution in [0.5, 0.6) is 0 Å². The molecule has 2 aromatic heterocycles. The van der Waals surface area contributed by atoms with Crippen LogP contribution >= 0.6 is 0 Å². The standard InChI is InChI=1S/C16H17N3O3/c1-9-4-6-12(7-5-9)13(20)8-19-16(21)15-14(10(2)17-19)11(3)22-18-15/h4-7,13,20H,8H2,1-3H3. The molecule has 3 aromatic rings. The molecule has 6 nitrogen and oxygen atoms in total. The minimum absolute atomic E-state index is 0.0740. The fourth-order valence-electron chi connectivity index (χ4n) is 2.52. The number of hydrogen-bond acceptors (Lipinski definition) is 5. The van der Waals surface area contributed by atoms with Crippen LogP contribution < -0.4 is 5.56 Å². The molecule has 1 atom stereocenters. The molecule has 0 fully saturated rings. The summed E-state index contributed by atoms with van der Waals surface area (Å²) in [6.07, 6.45) is -0.810. The van der Waals surface area contributed by atoms with E-state index in [1.807, 2.05) is 31.2 Å². The number of hydrogen-bond donors (Lipinski definition) is 1. The smallest absolute Gasteiger partial charge is 0.296 e. The topological polar surface area (TPSA) is 81.2 Å². The average molecular weight is 299 g/mol. The predicted molar refractivity (Wildman–Crippen MR) is 81.7 cm³/mol. The van der Waals surface area contributed by atoms with Crippen molar-refractivity contribution in [3.8, 4) is 0 Å². The summed E-state index contributed by atoms with van der Waals surface area (Å²) in [4.78, 5) is 12.4. The highest BCUT2D eigenvalue weighted by Gasteiger charge is 2.17. The average Bonchev–Trinajstić information content (AvgIpc) is 2.88. The largest absolute Gasteiger partial charge is 0.386 e. The summed E-state index contributed by atoms with van der Waals surface area (Å²) in [5, 5.41) is 19.0. The number of aromatic nitrogens is 3. The van der Waals surface area contributed by atoms with Crippen LogP contribution in [0.3, 0.4) is 0 Å². The molecule has 0 aliphatic carbocycles. The van der Waals surface area contributed by atoms with Gasteiger partial charge in [-0.15, -0.1) is 0 Å². The number of aliphatic hydroxyl groups excluding tert-OH is 1. The summed E-state index contributed by atoms with van der Waals surface area (Å²) in [7, 11) is 0. The predicted octanol–water partition coefficient (Wildman–Crippen LogP) is 2.04. The lowest BCUT2D eigenvalue weighted by molar-refractivity contribution is 0.149. The van der Waals surface area contributed by atoms with Gasteiger partial charge in [-0.1, -0.05) is 35.0 Å². The third-order valence-corrected chi connectivity index (χ3v) is 3.74. The number of aliphatic hydroxyl groups is 1. The third kappa shape index (κ3) is 2.42. The monoisotopic (exact) mass is 299 g/mol. The SMILES string of the molecule is Cc1ccc(C(O)Cn2nc(C)c3c(C)onc3c2=O)cc1.